The second-order valence-corrected chi connectivity index (χ2v) is 8.81. The lowest BCUT2D eigenvalue weighted by Crippen LogP contribution is -2.31. The summed E-state index contributed by atoms with van der Waals surface area (Å²) in [6.07, 6.45) is 8.44. The first-order valence-electron chi connectivity index (χ1n) is 11.5. The van der Waals surface area contributed by atoms with Gasteiger partial charge >= 0.3 is 0 Å². The van der Waals surface area contributed by atoms with E-state index in [4.69, 9.17) is 5.73 Å². The average Bonchev–Trinajstić information content (AvgIpc) is 3.38. The van der Waals surface area contributed by atoms with E-state index < -0.39 is 6.04 Å². The zero-order valence-electron chi connectivity index (χ0n) is 18.2. The molecule has 1 amide bonds. The van der Waals surface area contributed by atoms with Gasteiger partial charge in [0.1, 0.15) is 5.78 Å². The maximum atomic E-state index is 13.2. The molecule has 0 unspecified atom stereocenters. The Balaban J connectivity index is 1.45. The molecule has 0 radical (unpaired) electrons. The third-order valence-electron chi connectivity index (χ3n) is 6.83. The highest BCUT2D eigenvalue weighted by molar-refractivity contribution is 5.89. The van der Waals surface area contributed by atoms with Crippen molar-refractivity contribution in [2.75, 3.05) is 0 Å². The second-order valence-electron chi connectivity index (χ2n) is 8.81. The Bertz CT molecular complexity index is 922. The molecule has 0 spiro atoms. The zero-order valence-corrected chi connectivity index (χ0v) is 18.2. The molecule has 1 fully saturated rings. The van der Waals surface area contributed by atoms with Crippen LogP contribution in [0.15, 0.2) is 66.7 Å². The first-order chi connectivity index (χ1) is 15.1. The summed E-state index contributed by atoms with van der Waals surface area (Å²) < 4.78 is 0. The van der Waals surface area contributed by atoms with Gasteiger partial charge in [-0.2, -0.15) is 0 Å². The first kappa shape index (κ1) is 21.5. The molecule has 4 rings (SSSR count). The zero-order chi connectivity index (χ0) is 21.8. The molecule has 4 atom stereocenters. The Morgan fingerprint density at radius 1 is 1.03 bits per heavy atom. The summed E-state index contributed by atoms with van der Waals surface area (Å²) in [5.74, 6) is 0.142. The third-order valence-corrected chi connectivity index (χ3v) is 6.83. The number of Topliss-reactive ketones (excluding diaryl/α,β-unsaturated/α-hetero) is 1. The number of benzene rings is 2. The molecule has 2 aromatic rings. The highest BCUT2D eigenvalue weighted by Crippen LogP contribution is 2.52. The number of nitrogens with two attached hydrogens (primary N) is 1. The number of rotatable bonds is 9. The minimum atomic E-state index is -0.424. The van der Waals surface area contributed by atoms with Gasteiger partial charge in [-0.1, -0.05) is 67.6 Å². The number of allylic oxidation sites excluding steroid dienone is 1. The van der Waals surface area contributed by atoms with Crippen molar-refractivity contribution in [3.05, 3.63) is 83.4 Å². The van der Waals surface area contributed by atoms with Crippen molar-refractivity contribution in [2.24, 2.45) is 11.7 Å². The van der Waals surface area contributed by atoms with Crippen LogP contribution in [-0.2, 0) is 16.0 Å². The average molecular weight is 417 g/mol. The Hall–Kier alpha value is -2.72. The van der Waals surface area contributed by atoms with E-state index in [1.165, 1.54) is 16.7 Å². The van der Waals surface area contributed by atoms with E-state index in [9.17, 15) is 9.59 Å². The molecule has 0 saturated carbocycles. The van der Waals surface area contributed by atoms with Gasteiger partial charge in [0, 0.05) is 6.42 Å². The summed E-state index contributed by atoms with van der Waals surface area (Å²) >= 11 is 0. The summed E-state index contributed by atoms with van der Waals surface area (Å²) in [5.41, 5.74) is 9.81. The number of hydrogen-bond acceptors (Lipinski definition) is 3. The standard InChI is InChI=1S/C27H32N2O2/c1-2-23(28)26(30)18-20(13-12-19-8-4-3-5-9-19)14-17-27(31)29-24-15-16-25(29)22-11-7-6-10-21(22)24/h3-11,14,17,20,23-25H,2,12-13,15-16,18,28H2,1H3/b17-14+/t20-,23-,24-,25+/m0/s1. The monoisotopic (exact) mass is 416 g/mol. The lowest BCUT2D eigenvalue weighted by atomic mass is 9.91. The number of carbonyl (C=O) groups is 2. The van der Waals surface area contributed by atoms with E-state index >= 15 is 0 Å². The molecule has 2 aliphatic rings. The molecule has 2 aromatic carbocycles. The van der Waals surface area contributed by atoms with Crippen molar-refractivity contribution in [3.8, 4) is 0 Å². The normalized spacial score (nSPS) is 21.3. The minimum Gasteiger partial charge on any atom is -0.325 e. The maximum absolute atomic E-state index is 13.2. The van der Waals surface area contributed by atoms with Gasteiger partial charge in [0.2, 0.25) is 5.91 Å². The number of nitrogens with zero attached hydrogens (tertiary/aromatic N) is 1. The molecule has 2 aliphatic heterocycles. The fraction of sp³-hybridized carbons (Fsp3) is 0.407. The number of amides is 1. The number of fused-ring (bicyclic) bond motifs is 5. The summed E-state index contributed by atoms with van der Waals surface area (Å²) in [5, 5.41) is 0. The predicted octanol–water partition coefficient (Wildman–Crippen LogP) is 4.91. The van der Waals surface area contributed by atoms with Crippen LogP contribution in [0.4, 0.5) is 0 Å². The fourth-order valence-corrected chi connectivity index (χ4v) is 5.05. The van der Waals surface area contributed by atoms with Gasteiger partial charge in [-0.3, -0.25) is 9.59 Å². The van der Waals surface area contributed by atoms with Gasteiger partial charge in [0.15, 0.2) is 0 Å². The fourth-order valence-electron chi connectivity index (χ4n) is 5.05. The highest BCUT2D eigenvalue weighted by Gasteiger charge is 2.45. The molecule has 162 valence electrons. The number of carbonyl (C=O) groups excluding carboxylic acids is 2. The van der Waals surface area contributed by atoms with Crippen LogP contribution in [0.25, 0.3) is 0 Å². The van der Waals surface area contributed by atoms with Gasteiger partial charge in [-0.15, -0.1) is 0 Å². The molecular weight excluding hydrogens is 384 g/mol. The van der Waals surface area contributed by atoms with Gasteiger partial charge < -0.3 is 10.6 Å². The molecule has 2 heterocycles. The quantitative estimate of drug-likeness (QED) is 0.591. The molecule has 1 saturated heterocycles. The van der Waals surface area contributed by atoms with Crippen LogP contribution in [0.1, 0.15) is 67.8 Å². The van der Waals surface area contributed by atoms with Crippen LogP contribution < -0.4 is 5.73 Å². The van der Waals surface area contributed by atoms with Crippen molar-refractivity contribution in [3.63, 3.8) is 0 Å². The topological polar surface area (TPSA) is 63.4 Å². The molecule has 4 heteroatoms. The van der Waals surface area contributed by atoms with E-state index in [1.807, 2.05) is 36.1 Å². The Morgan fingerprint density at radius 3 is 2.26 bits per heavy atom. The Kier molecular flexibility index (Phi) is 6.67. The Morgan fingerprint density at radius 2 is 1.65 bits per heavy atom. The molecular formula is C27H32N2O2. The molecule has 31 heavy (non-hydrogen) atoms. The third kappa shape index (κ3) is 4.64. The smallest absolute Gasteiger partial charge is 0.247 e. The Labute approximate surface area is 185 Å². The molecule has 2 bridgehead atoms. The first-order valence-corrected chi connectivity index (χ1v) is 11.5. The van der Waals surface area contributed by atoms with Crippen molar-refractivity contribution >= 4 is 11.7 Å². The summed E-state index contributed by atoms with van der Waals surface area (Å²) in [6, 6.07) is 18.6. The molecule has 0 aliphatic carbocycles. The van der Waals surface area contributed by atoms with Crippen molar-refractivity contribution in [1.82, 2.24) is 4.90 Å². The number of hydrogen-bond donors (Lipinski definition) is 1. The number of ketones is 1. The second kappa shape index (κ2) is 9.61. The lowest BCUT2D eigenvalue weighted by Gasteiger charge is -2.21. The van der Waals surface area contributed by atoms with Gasteiger partial charge in [0.25, 0.3) is 0 Å². The van der Waals surface area contributed by atoms with Crippen LogP contribution in [0.5, 0.6) is 0 Å². The number of aryl methyl sites for hydroxylation is 1. The lowest BCUT2D eigenvalue weighted by molar-refractivity contribution is -0.128. The van der Waals surface area contributed by atoms with Crippen molar-refractivity contribution in [1.29, 1.82) is 0 Å². The van der Waals surface area contributed by atoms with Gasteiger partial charge in [0.05, 0.1) is 18.1 Å². The van der Waals surface area contributed by atoms with Crippen LogP contribution in [-0.4, -0.2) is 22.6 Å². The van der Waals surface area contributed by atoms with Crippen LogP contribution >= 0.6 is 0 Å². The van der Waals surface area contributed by atoms with E-state index in [2.05, 4.69) is 36.4 Å². The summed E-state index contributed by atoms with van der Waals surface area (Å²) in [4.78, 5) is 27.7. The summed E-state index contributed by atoms with van der Waals surface area (Å²) in [7, 11) is 0. The van der Waals surface area contributed by atoms with Crippen molar-refractivity contribution < 1.29 is 9.59 Å². The van der Waals surface area contributed by atoms with Crippen LogP contribution in [0.3, 0.4) is 0 Å². The molecule has 4 nitrogen and oxygen atoms in total. The van der Waals surface area contributed by atoms with Gasteiger partial charge in [-0.25, -0.2) is 0 Å². The van der Waals surface area contributed by atoms with E-state index in [0.29, 0.717) is 12.8 Å². The summed E-state index contributed by atoms with van der Waals surface area (Å²) in [6.45, 7) is 1.93. The van der Waals surface area contributed by atoms with Crippen LogP contribution in [0, 0.1) is 5.92 Å². The molecule has 2 N–H and O–H groups in total. The minimum absolute atomic E-state index is 0.0110. The van der Waals surface area contributed by atoms with Crippen molar-refractivity contribution in [2.45, 2.75) is 63.6 Å². The predicted molar refractivity (Wildman–Crippen MR) is 123 cm³/mol. The van der Waals surface area contributed by atoms with Crippen LogP contribution in [0.2, 0.25) is 0 Å². The maximum Gasteiger partial charge on any atom is 0.247 e. The SMILES string of the molecule is CC[C@H](N)C(=O)C[C@H](/C=C/C(=O)N1[C@@H]2CC[C@H]1c1ccccc12)CCc1ccccc1. The highest BCUT2D eigenvalue weighted by atomic mass is 16.2. The van der Waals surface area contributed by atoms with Gasteiger partial charge in [-0.05, 0) is 60.8 Å². The van der Waals surface area contributed by atoms with E-state index in [-0.39, 0.29) is 29.7 Å². The molecule has 0 aromatic heterocycles. The largest absolute Gasteiger partial charge is 0.325 e. The van der Waals surface area contributed by atoms with E-state index in [0.717, 1.165) is 25.7 Å². The van der Waals surface area contributed by atoms with E-state index in [1.54, 1.807) is 6.08 Å².